The van der Waals surface area contributed by atoms with Gasteiger partial charge in [0.15, 0.2) is 0 Å². The molecule has 1 heterocycles. The third kappa shape index (κ3) is 3.54. The van der Waals surface area contributed by atoms with Gasteiger partial charge < -0.3 is 9.84 Å². The molecule has 0 spiro atoms. The van der Waals surface area contributed by atoms with Crippen LogP contribution in [0, 0.1) is 0 Å². The second-order valence-electron chi connectivity index (χ2n) is 6.10. The van der Waals surface area contributed by atoms with Gasteiger partial charge in [-0.1, -0.05) is 42.5 Å². The first kappa shape index (κ1) is 17.5. The third-order valence-electron chi connectivity index (χ3n) is 4.28. The second-order valence-corrected chi connectivity index (χ2v) is 6.10. The van der Waals surface area contributed by atoms with E-state index in [0.717, 1.165) is 26.0 Å². The topological polar surface area (TPSA) is 73.5 Å². The van der Waals surface area contributed by atoms with Crippen molar-refractivity contribution >= 4 is 0 Å². The largest absolute Gasteiger partial charge is 0.494 e. The minimum absolute atomic E-state index is 0.188. The minimum atomic E-state index is -0.555. The van der Waals surface area contributed by atoms with Gasteiger partial charge in [0.1, 0.15) is 12.4 Å². The molecular weight excluding hydrogens is 332 g/mol. The molecule has 6 nitrogen and oxygen atoms in total. The molecule has 3 rings (SSSR count). The second kappa shape index (κ2) is 7.31. The van der Waals surface area contributed by atoms with Crippen LogP contribution in [0.3, 0.4) is 0 Å². The highest BCUT2D eigenvalue weighted by atomic mass is 16.5. The van der Waals surface area contributed by atoms with Crippen molar-refractivity contribution in [2.75, 3.05) is 0 Å². The molecule has 3 aromatic rings. The molecule has 26 heavy (non-hydrogen) atoms. The Labute approximate surface area is 150 Å². The molecule has 0 amide bonds. The number of aromatic hydroxyl groups is 1. The normalized spacial score (nSPS) is 10.7. The van der Waals surface area contributed by atoms with Crippen molar-refractivity contribution < 1.29 is 9.84 Å². The maximum Gasteiger partial charge on any atom is 0.333 e. The fourth-order valence-electron chi connectivity index (χ4n) is 2.71. The summed E-state index contributed by atoms with van der Waals surface area (Å²) in [5.41, 5.74) is 1.06. The Morgan fingerprint density at radius 1 is 0.885 bits per heavy atom. The molecule has 0 aliphatic rings. The summed E-state index contributed by atoms with van der Waals surface area (Å²) >= 11 is 0. The number of rotatable bonds is 5. The first-order chi connectivity index (χ1) is 12.5. The van der Waals surface area contributed by atoms with E-state index in [9.17, 15) is 14.7 Å². The van der Waals surface area contributed by atoms with E-state index in [1.165, 1.54) is 14.1 Å². The van der Waals surface area contributed by atoms with Crippen LogP contribution in [0.2, 0.25) is 0 Å². The molecule has 1 aromatic heterocycles. The first-order valence-electron chi connectivity index (χ1n) is 8.21. The van der Waals surface area contributed by atoms with Crippen LogP contribution >= 0.6 is 0 Å². The molecule has 0 bridgehead atoms. The number of ether oxygens (including phenoxy) is 1. The molecule has 134 valence electrons. The average molecular weight is 352 g/mol. The summed E-state index contributed by atoms with van der Waals surface area (Å²) in [5.74, 6) is 0.415. The number of benzene rings is 2. The lowest BCUT2D eigenvalue weighted by molar-refractivity contribution is 0.306. The van der Waals surface area contributed by atoms with Gasteiger partial charge >= 0.3 is 5.69 Å². The van der Waals surface area contributed by atoms with Crippen molar-refractivity contribution in [2.24, 2.45) is 14.1 Å². The predicted octanol–water partition coefficient (Wildman–Crippen LogP) is 1.96. The van der Waals surface area contributed by atoms with Crippen LogP contribution in [-0.2, 0) is 27.1 Å². The quantitative estimate of drug-likeness (QED) is 0.762. The predicted molar refractivity (Wildman–Crippen MR) is 98.6 cm³/mol. The van der Waals surface area contributed by atoms with Crippen LogP contribution in [-0.4, -0.2) is 14.2 Å². The Morgan fingerprint density at radius 3 is 2.19 bits per heavy atom. The Morgan fingerprint density at radius 2 is 1.54 bits per heavy atom. The highest BCUT2D eigenvalue weighted by Crippen LogP contribution is 2.18. The van der Waals surface area contributed by atoms with Crippen molar-refractivity contribution in [3.63, 3.8) is 0 Å². The number of aromatic nitrogens is 2. The van der Waals surface area contributed by atoms with Crippen molar-refractivity contribution in [2.45, 2.75) is 13.0 Å². The molecule has 0 radical (unpaired) electrons. The molecule has 0 unspecified atom stereocenters. The lowest BCUT2D eigenvalue weighted by atomic mass is 10.1. The highest BCUT2D eigenvalue weighted by Gasteiger charge is 2.15. The van der Waals surface area contributed by atoms with Gasteiger partial charge in [-0.3, -0.25) is 13.9 Å². The van der Waals surface area contributed by atoms with Crippen LogP contribution in [0.5, 0.6) is 11.6 Å². The van der Waals surface area contributed by atoms with E-state index in [1.54, 1.807) is 0 Å². The molecule has 1 N–H and O–H groups in total. The van der Waals surface area contributed by atoms with E-state index in [4.69, 9.17) is 4.74 Å². The Balaban J connectivity index is 1.76. The standard InChI is InChI=1S/C20H20N2O4/c1-21-18(23)17(19(24)22(2)20(21)25)12-14-8-10-16(11-9-14)26-13-15-6-4-3-5-7-15/h3-11,23H,12-13H2,1-2H3. The third-order valence-corrected chi connectivity index (χ3v) is 4.28. The molecule has 0 saturated carbocycles. The van der Waals surface area contributed by atoms with E-state index in [-0.39, 0.29) is 17.9 Å². The first-order valence-corrected chi connectivity index (χ1v) is 8.21. The van der Waals surface area contributed by atoms with E-state index >= 15 is 0 Å². The van der Waals surface area contributed by atoms with Gasteiger partial charge in [0.2, 0.25) is 5.88 Å². The van der Waals surface area contributed by atoms with E-state index in [0.29, 0.717) is 6.61 Å². The number of nitrogens with zero attached hydrogens (tertiary/aromatic N) is 2. The molecule has 0 aliphatic heterocycles. The number of hydrogen-bond donors (Lipinski definition) is 1. The maximum absolute atomic E-state index is 12.3. The summed E-state index contributed by atoms with van der Waals surface area (Å²) in [7, 11) is 2.83. The summed E-state index contributed by atoms with van der Waals surface area (Å²) < 4.78 is 7.79. The maximum atomic E-state index is 12.3. The van der Waals surface area contributed by atoms with E-state index in [2.05, 4.69) is 0 Å². The van der Waals surface area contributed by atoms with Crippen LogP contribution in [0.4, 0.5) is 0 Å². The Hall–Kier alpha value is -3.28. The van der Waals surface area contributed by atoms with Gasteiger partial charge in [-0.15, -0.1) is 0 Å². The molecule has 2 aromatic carbocycles. The van der Waals surface area contributed by atoms with Gasteiger partial charge in [-0.2, -0.15) is 0 Å². The molecule has 0 saturated heterocycles. The van der Waals surface area contributed by atoms with E-state index < -0.39 is 11.2 Å². The van der Waals surface area contributed by atoms with Gasteiger partial charge in [0, 0.05) is 20.5 Å². The molecule has 6 heteroatoms. The molecule has 0 aliphatic carbocycles. The zero-order valence-electron chi connectivity index (χ0n) is 14.7. The summed E-state index contributed by atoms with van der Waals surface area (Å²) in [5, 5.41) is 10.1. The summed E-state index contributed by atoms with van der Waals surface area (Å²) in [6, 6.07) is 17.2. The number of hydrogen-bond acceptors (Lipinski definition) is 4. The van der Waals surface area contributed by atoms with Crippen molar-refractivity contribution in [1.29, 1.82) is 0 Å². The molecule has 0 fully saturated rings. The van der Waals surface area contributed by atoms with Crippen LogP contribution < -0.4 is 16.0 Å². The zero-order valence-corrected chi connectivity index (χ0v) is 14.7. The fourth-order valence-corrected chi connectivity index (χ4v) is 2.71. The fraction of sp³-hybridized carbons (Fsp3) is 0.200. The SMILES string of the molecule is Cn1c(O)c(Cc2ccc(OCc3ccccc3)cc2)c(=O)n(C)c1=O. The monoisotopic (exact) mass is 352 g/mol. The van der Waals surface area contributed by atoms with Crippen LogP contribution in [0.25, 0.3) is 0 Å². The van der Waals surface area contributed by atoms with Crippen molar-refractivity contribution in [3.05, 3.63) is 92.1 Å². The van der Waals surface area contributed by atoms with Crippen LogP contribution in [0.15, 0.2) is 64.2 Å². The Bertz CT molecular complexity index is 1020. The average Bonchev–Trinajstić information content (AvgIpc) is 2.68. The molecular formula is C20H20N2O4. The van der Waals surface area contributed by atoms with Gasteiger partial charge in [-0.05, 0) is 23.3 Å². The lowest BCUT2D eigenvalue weighted by Crippen LogP contribution is -2.38. The minimum Gasteiger partial charge on any atom is -0.494 e. The van der Waals surface area contributed by atoms with Gasteiger partial charge in [0.25, 0.3) is 5.56 Å². The summed E-state index contributed by atoms with van der Waals surface area (Å²) in [6.45, 7) is 0.475. The van der Waals surface area contributed by atoms with Crippen LogP contribution in [0.1, 0.15) is 16.7 Å². The Kier molecular flexibility index (Phi) is 4.93. The summed E-state index contributed by atoms with van der Waals surface area (Å²) in [4.78, 5) is 24.1. The molecule has 0 atom stereocenters. The lowest BCUT2D eigenvalue weighted by Gasteiger charge is -2.11. The van der Waals surface area contributed by atoms with Gasteiger partial charge in [-0.25, -0.2) is 4.79 Å². The smallest absolute Gasteiger partial charge is 0.333 e. The van der Waals surface area contributed by atoms with Crippen molar-refractivity contribution in [3.8, 4) is 11.6 Å². The highest BCUT2D eigenvalue weighted by molar-refractivity contribution is 5.34. The summed E-state index contributed by atoms with van der Waals surface area (Å²) in [6.07, 6.45) is 0.228. The van der Waals surface area contributed by atoms with Crippen molar-refractivity contribution in [1.82, 2.24) is 9.13 Å². The van der Waals surface area contributed by atoms with Gasteiger partial charge in [0.05, 0.1) is 5.56 Å². The van der Waals surface area contributed by atoms with E-state index in [1.807, 2.05) is 54.6 Å². The zero-order chi connectivity index (χ0) is 18.7.